The van der Waals surface area contributed by atoms with Gasteiger partial charge in [0.2, 0.25) is 0 Å². The lowest BCUT2D eigenvalue weighted by Gasteiger charge is -2.26. The summed E-state index contributed by atoms with van der Waals surface area (Å²) in [5, 5.41) is 1.91. The third-order valence-corrected chi connectivity index (χ3v) is 8.11. The predicted molar refractivity (Wildman–Crippen MR) is 169 cm³/mol. The number of hydrogen-bond acceptors (Lipinski definition) is 7. The summed E-state index contributed by atoms with van der Waals surface area (Å²) in [6, 6.07) is 35.8. The Morgan fingerprint density at radius 2 is 1.11 bits per heavy atom. The fourth-order valence-electron chi connectivity index (χ4n) is 5.70. The Kier molecular flexibility index (Phi) is 8.71. The number of carbonyl (C=O) groups excluding carboxylic acids is 3. The average Bonchev–Trinajstić information content (AvgIpc) is 3.40. The van der Waals surface area contributed by atoms with Crippen LogP contribution >= 0.6 is 0 Å². The lowest BCUT2D eigenvalue weighted by atomic mass is 9.89. The number of carbonyl (C=O) groups is 3. The first-order valence-corrected chi connectivity index (χ1v) is 14.8. The van der Waals surface area contributed by atoms with Crippen LogP contribution in [-0.4, -0.2) is 42.8 Å². The maximum Gasteiger partial charge on any atom is 0.338 e. The fourth-order valence-corrected chi connectivity index (χ4v) is 5.70. The standard InChI is InChI=1S/C38H32O7/c1-24-22-29-20-12-13-21-30(29)32(25(24)2)34-35(45-38(41)28-18-10-5-11-19-28)33(44-37(40)27-16-8-4-9-17-27)31(43-34)23-42-36(39)26-14-6-3-7-15-26/h3-22,31,33-35H,23H2,1-2H3/t31-,33-,34-,35-/m1/s1. The van der Waals surface area contributed by atoms with E-state index in [0.717, 1.165) is 27.5 Å². The van der Waals surface area contributed by atoms with Gasteiger partial charge in [-0.3, -0.25) is 0 Å². The molecule has 0 amide bonds. The zero-order valence-electron chi connectivity index (χ0n) is 24.9. The van der Waals surface area contributed by atoms with Gasteiger partial charge in [0, 0.05) is 0 Å². The summed E-state index contributed by atoms with van der Waals surface area (Å²) in [7, 11) is 0. The molecule has 4 atom stereocenters. The Morgan fingerprint density at radius 3 is 1.69 bits per heavy atom. The maximum absolute atomic E-state index is 13.5. The zero-order valence-corrected chi connectivity index (χ0v) is 24.9. The van der Waals surface area contributed by atoms with Crippen molar-refractivity contribution in [1.29, 1.82) is 0 Å². The number of ether oxygens (including phenoxy) is 4. The molecule has 0 N–H and O–H groups in total. The summed E-state index contributed by atoms with van der Waals surface area (Å²) in [6.45, 7) is 3.76. The summed E-state index contributed by atoms with van der Waals surface area (Å²) < 4.78 is 24.6. The van der Waals surface area contributed by atoms with Gasteiger partial charge >= 0.3 is 17.9 Å². The molecule has 5 aromatic rings. The first-order chi connectivity index (χ1) is 21.9. The van der Waals surface area contributed by atoms with Gasteiger partial charge in [0.25, 0.3) is 0 Å². The molecular formula is C38H32O7. The van der Waals surface area contributed by atoms with Crippen molar-refractivity contribution in [1.82, 2.24) is 0 Å². The average molecular weight is 601 g/mol. The van der Waals surface area contributed by atoms with Crippen LogP contribution in [0.25, 0.3) is 10.8 Å². The van der Waals surface area contributed by atoms with E-state index < -0.39 is 42.3 Å². The van der Waals surface area contributed by atoms with Crippen LogP contribution in [0.3, 0.4) is 0 Å². The molecule has 226 valence electrons. The van der Waals surface area contributed by atoms with Gasteiger partial charge in [-0.2, -0.15) is 0 Å². The zero-order chi connectivity index (χ0) is 31.3. The molecule has 0 aliphatic carbocycles. The Bertz CT molecular complexity index is 1820. The van der Waals surface area contributed by atoms with E-state index in [1.807, 2.05) is 44.2 Å². The molecule has 0 spiro atoms. The van der Waals surface area contributed by atoms with Gasteiger partial charge in [-0.15, -0.1) is 0 Å². The van der Waals surface area contributed by atoms with Crippen LogP contribution in [0, 0.1) is 13.8 Å². The fraction of sp³-hybridized carbons (Fsp3) is 0.184. The van der Waals surface area contributed by atoms with Crippen molar-refractivity contribution in [3.8, 4) is 0 Å². The van der Waals surface area contributed by atoms with Crippen LogP contribution in [-0.2, 0) is 18.9 Å². The quantitative estimate of drug-likeness (QED) is 0.137. The van der Waals surface area contributed by atoms with Gasteiger partial charge in [0.15, 0.2) is 12.2 Å². The summed E-state index contributed by atoms with van der Waals surface area (Å²) in [4.78, 5) is 40.0. The molecular weight excluding hydrogens is 568 g/mol. The molecule has 0 aromatic heterocycles. The van der Waals surface area contributed by atoms with Crippen LogP contribution < -0.4 is 0 Å². The summed E-state index contributed by atoms with van der Waals surface area (Å²) in [6.07, 6.45) is -3.94. The molecule has 1 aliphatic heterocycles. The summed E-state index contributed by atoms with van der Waals surface area (Å²) >= 11 is 0. The molecule has 1 heterocycles. The molecule has 6 rings (SSSR count). The Hall–Kier alpha value is -5.27. The number of esters is 3. The van der Waals surface area contributed by atoms with E-state index >= 15 is 0 Å². The van der Waals surface area contributed by atoms with E-state index in [1.165, 1.54) is 0 Å². The lowest BCUT2D eigenvalue weighted by molar-refractivity contribution is -0.0449. The van der Waals surface area contributed by atoms with Crippen LogP contribution in [0.15, 0.2) is 121 Å². The largest absolute Gasteiger partial charge is 0.459 e. The second-order valence-electron chi connectivity index (χ2n) is 11.0. The maximum atomic E-state index is 13.5. The second-order valence-corrected chi connectivity index (χ2v) is 11.0. The minimum Gasteiger partial charge on any atom is -0.459 e. The highest BCUT2D eigenvalue weighted by molar-refractivity contribution is 5.92. The van der Waals surface area contributed by atoms with Crippen molar-refractivity contribution < 1.29 is 33.3 Å². The number of aryl methyl sites for hydroxylation is 1. The normalized spacial score (nSPS) is 19.2. The topological polar surface area (TPSA) is 88.1 Å². The highest BCUT2D eigenvalue weighted by Gasteiger charge is 2.51. The molecule has 7 nitrogen and oxygen atoms in total. The smallest absolute Gasteiger partial charge is 0.338 e. The molecule has 0 saturated carbocycles. The molecule has 1 saturated heterocycles. The number of rotatable bonds is 8. The van der Waals surface area contributed by atoms with E-state index in [9.17, 15) is 14.4 Å². The molecule has 0 unspecified atom stereocenters. The SMILES string of the molecule is Cc1cc2ccccc2c([C@H]2O[C@H](COC(=O)c3ccccc3)[C@@H](OC(=O)c3ccccc3)[C@H]2OC(=O)c2ccccc2)c1C. The van der Waals surface area contributed by atoms with E-state index in [0.29, 0.717) is 16.7 Å². The van der Waals surface area contributed by atoms with Crippen LogP contribution in [0.2, 0.25) is 0 Å². The van der Waals surface area contributed by atoms with Crippen LogP contribution in [0.4, 0.5) is 0 Å². The predicted octanol–water partition coefficient (Wildman–Crippen LogP) is 7.20. The third kappa shape index (κ3) is 6.35. The van der Waals surface area contributed by atoms with Gasteiger partial charge in [-0.1, -0.05) is 84.9 Å². The van der Waals surface area contributed by atoms with Gasteiger partial charge < -0.3 is 18.9 Å². The number of hydrogen-bond donors (Lipinski definition) is 0. The van der Waals surface area contributed by atoms with Gasteiger partial charge in [-0.05, 0) is 77.7 Å². The van der Waals surface area contributed by atoms with Gasteiger partial charge in [0.1, 0.15) is 18.8 Å². The van der Waals surface area contributed by atoms with Gasteiger partial charge in [0.05, 0.1) is 16.7 Å². The highest BCUT2D eigenvalue weighted by atomic mass is 16.6. The first-order valence-electron chi connectivity index (χ1n) is 14.8. The minimum atomic E-state index is -1.10. The van der Waals surface area contributed by atoms with E-state index in [2.05, 4.69) is 6.07 Å². The van der Waals surface area contributed by atoms with E-state index in [-0.39, 0.29) is 6.61 Å². The first kappa shape index (κ1) is 29.8. The van der Waals surface area contributed by atoms with Crippen molar-refractivity contribution in [3.63, 3.8) is 0 Å². The molecule has 1 aliphatic rings. The Labute approximate surface area is 261 Å². The molecule has 45 heavy (non-hydrogen) atoms. The molecule has 0 bridgehead atoms. The monoisotopic (exact) mass is 600 g/mol. The molecule has 5 aromatic carbocycles. The summed E-state index contributed by atoms with van der Waals surface area (Å²) in [5.41, 5.74) is 3.83. The Morgan fingerprint density at radius 1 is 0.622 bits per heavy atom. The van der Waals surface area contributed by atoms with E-state index in [1.54, 1.807) is 84.9 Å². The molecule has 7 heteroatoms. The van der Waals surface area contributed by atoms with Crippen molar-refractivity contribution in [2.24, 2.45) is 0 Å². The van der Waals surface area contributed by atoms with Gasteiger partial charge in [-0.25, -0.2) is 14.4 Å². The second kappa shape index (κ2) is 13.2. The van der Waals surface area contributed by atoms with Crippen LogP contribution in [0.5, 0.6) is 0 Å². The molecule has 1 fully saturated rings. The van der Waals surface area contributed by atoms with E-state index in [4.69, 9.17) is 18.9 Å². The van der Waals surface area contributed by atoms with Crippen molar-refractivity contribution in [2.45, 2.75) is 38.3 Å². The lowest BCUT2D eigenvalue weighted by Crippen LogP contribution is -2.41. The number of fused-ring (bicyclic) bond motifs is 1. The summed E-state index contributed by atoms with van der Waals surface area (Å²) in [5.74, 6) is -1.76. The Balaban J connectivity index is 1.42. The van der Waals surface area contributed by atoms with Crippen LogP contribution in [0.1, 0.15) is 53.9 Å². The minimum absolute atomic E-state index is 0.237. The highest BCUT2D eigenvalue weighted by Crippen LogP contribution is 2.43. The van der Waals surface area contributed by atoms with Crippen molar-refractivity contribution in [3.05, 3.63) is 155 Å². The van der Waals surface area contributed by atoms with Crippen molar-refractivity contribution >= 4 is 28.7 Å². The van der Waals surface area contributed by atoms with Crippen molar-refractivity contribution in [2.75, 3.05) is 6.61 Å². The third-order valence-electron chi connectivity index (χ3n) is 8.11. The number of benzene rings is 5. The molecule has 0 radical (unpaired) electrons.